The van der Waals surface area contributed by atoms with Crippen LogP contribution in [0, 0.1) is 6.92 Å². The second kappa shape index (κ2) is 11.3. The third-order valence-corrected chi connectivity index (χ3v) is 6.11. The topological polar surface area (TPSA) is 93.1 Å². The predicted octanol–water partition coefficient (Wildman–Crippen LogP) is 5.98. The molecule has 1 atom stereocenters. The molecule has 4 rings (SSSR count). The molecule has 0 radical (unpaired) electrons. The smallest absolute Gasteiger partial charge is 0.338 e. The molecule has 0 bridgehead atoms. The van der Waals surface area contributed by atoms with E-state index >= 15 is 0 Å². The summed E-state index contributed by atoms with van der Waals surface area (Å²) in [6.07, 6.45) is 0.546. The molecule has 7 nitrogen and oxygen atoms in total. The molecule has 0 aromatic heterocycles. The molecule has 1 heterocycles. The van der Waals surface area contributed by atoms with Crippen LogP contribution < -0.4 is 9.64 Å². The van der Waals surface area contributed by atoms with E-state index in [1.54, 1.807) is 56.3 Å². The van der Waals surface area contributed by atoms with E-state index in [0.717, 1.165) is 12.0 Å². The highest BCUT2D eigenvalue weighted by atomic mass is 16.5. The number of anilines is 1. The highest BCUT2D eigenvalue weighted by Crippen LogP contribution is 2.42. The number of aliphatic hydroxyl groups excluding tert-OH is 1. The summed E-state index contributed by atoms with van der Waals surface area (Å²) >= 11 is 0. The van der Waals surface area contributed by atoms with Gasteiger partial charge in [-0.05, 0) is 75.2 Å². The number of aryl methyl sites for hydroxylation is 1. The maximum absolute atomic E-state index is 13.4. The zero-order chi connectivity index (χ0) is 27.4. The summed E-state index contributed by atoms with van der Waals surface area (Å²) in [4.78, 5) is 40.8. The van der Waals surface area contributed by atoms with Gasteiger partial charge >= 0.3 is 5.97 Å². The number of benzene rings is 3. The minimum absolute atomic E-state index is 0.0296. The van der Waals surface area contributed by atoms with Crippen LogP contribution in [0.4, 0.5) is 5.69 Å². The SMILES string of the molecule is CCCOc1ccc(/C(O)=C2\C(=O)C(=O)N(c3cccc(C(=O)OC(C)C)c3)C2c2cccc(C)c2)cc1. The lowest BCUT2D eigenvalue weighted by Gasteiger charge is -2.26. The maximum Gasteiger partial charge on any atom is 0.338 e. The third-order valence-electron chi connectivity index (χ3n) is 6.11. The minimum atomic E-state index is -0.901. The Morgan fingerprint density at radius 3 is 2.34 bits per heavy atom. The van der Waals surface area contributed by atoms with E-state index in [2.05, 4.69) is 0 Å². The first kappa shape index (κ1) is 26.7. The van der Waals surface area contributed by atoms with E-state index < -0.39 is 23.7 Å². The summed E-state index contributed by atoms with van der Waals surface area (Å²) in [6, 6.07) is 19.7. The van der Waals surface area contributed by atoms with E-state index in [-0.39, 0.29) is 23.0 Å². The number of rotatable bonds is 8. The Bertz CT molecular complexity index is 1390. The van der Waals surface area contributed by atoms with Gasteiger partial charge in [-0.25, -0.2) is 4.79 Å². The molecule has 1 N–H and O–H groups in total. The van der Waals surface area contributed by atoms with Gasteiger partial charge in [0, 0.05) is 11.3 Å². The lowest BCUT2D eigenvalue weighted by Crippen LogP contribution is -2.29. The lowest BCUT2D eigenvalue weighted by molar-refractivity contribution is -0.132. The average Bonchev–Trinajstić information content (AvgIpc) is 3.17. The Kier molecular flexibility index (Phi) is 7.96. The number of carbonyl (C=O) groups excluding carboxylic acids is 3. The summed E-state index contributed by atoms with van der Waals surface area (Å²) in [7, 11) is 0. The molecule has 7 heteroatoms. The van der Waals surface area contributed by atoms with Gasteiger partial charge in [0.25, 0.3) is 11.7 Å². The third kappa shape index (κ3) is 5.47. The van der Waals surface area contributed by atoms with Crippen LogP contribution in [0.5, 0.6) is 5.75 Å². The number of esters is 1. The Hall–Kier alpha value is -4.39. The molecule has 1 saturated heterocycles. The van der Waals surface area contributed by atoms with Crippen LogP contribution in [0.15, 0.2) is 78.4 Å². The number of ether oxygens (including phenoxy) is 2. The zero-order valence-electron chi connectivity index (χ0n) is 21.9. The van der Waals surface area contributed by atoms with E-state index in [1.807, 2.05) is 38.1 Å². The van der Waals surface area contributed by atoms with Crippen LogP contribution in [0.25, 0.3) is 5.76 Å². The van der Waals surface area contributed by atoms with E-state index in [0.29, 0.717) is 29.2 Å². The van der Waals surface area contributed by atoms with Crippen molar-refractivity contribution < 1.29 is 29.0 Å². The van der Waals surface area contributed by atoms with Crippen molar-refractivity contribution in [2.24, 2.45) is 0 Å². The molecule has 196 valence electrons. The van der Waals surface area contributed by atoms with Gasteiger partial charge in [0.05, 0.1) is 29.9 Å². The molecule has 0 saturated carbocycles. The molecular weight excluding hydrogens is 482 g/mol. The van der Waals surface area contributed by atoms with Crippen molar-refractivity contribution in [2.75, 3.05) is 11.5 Å². The molecule has 0 aliphatic carbocycles. The highest BCUT2D eigenvalue weighted by Gasteiger charge is 2.47. The number of ketones is 1. The molecular formula is C31H31NO6. The van der Waals surface area contributed by atoms with Gasteiger partial charge in [0.1, 0.15) is 11.5 Å². The Balaban J connectivity index is 1.84. The van der Waals surface area contributed by atoms with Crippen molar-refractivity contribution >= 4 is 29.1 Å². The van der Waals surface area contributed by atoms with Crippen molar-refractivity contribution in [3.8, 4) is 5.75 Å². The molecule has 38 heavy (non-hydrogen) atoms. The van der Waals surface area contributed by atoms with Crippen LogP contribution in [0.3, 0.4) is 0 Å². The summed E-state index contributed by atoms with van der Waals surface area (Å²) < 4.78 is 10.9. The molecule has 3 aromatic rings. The number of aliphatic hydroxyl groups is 1. The molecule has 3 aromatic carbocycles. The van der Waals surface area contributed by atoms with Gasteiger partial charge in [-0.1, -0.05) is 42.8 Å². The van der Waals surface area contributed by atoms with Gasteiger partial charge in [-0.3, -0.25) is 14.5 Å². The quantitative estimate of drug-likeness (QED) is 0.173. The molecule has 1 amide bonds. The van der Waals surface area contributed by atoms with Gasteiger partial charge in [-0.2, -0.15) is 0 Å². The maximum atomic E-state index is 13.4. The van der Waals surface area contributed by atoms with Crippen LogP contribution >= 0.6 is 0 Å². The van der Waals surface area contributed by atoms with Crippen LogP contribution in [0.1, 0.15) is 60.3 Å². The standard InChI is InChI=1S/C31H31NO6/c1-5-16-37-25-14-12-21(13-15-25)28(33)26-27(22-9-6-8-20(4)17-22)32(30(35)29(26)34)24-11-7-10-23(18-24)31(36)38-19(2)3/h6-15,17-19,27,33H,5,16H2,1-4H3/b28-26+. The van der Waals surface area contributed by atoms with E-state index in [1.165, 1.54) is 11.0 Å². The molecule has 0 spiro atoms. The second-order valence-corrected chi connectivity index (χ2v) is 9.46. The van der Waals surface area contributed by atoms with Gasteiger partial charge in [-0.15, -0.1) is 0 Å². The van der Waals surface area contributed by atoms with Gasteiger partial charge < -0.3 is 14.6 Å². The molecule has 1 fully saturated rings. The second-order valence-electron chi connectivity index (χ2n) is 9.46. The molecule has 1 aliphatic heterocycles. The number of nitrogens with zero attached hydrogens (tertiary/aromatic N) is 1. The van der Waals surface area contributed by atoms with Crippen LogP contribution in [-0.2, 0) is 14.3 Å². The number of amides is 1. The predicted molar refractivity (Wildman–Crippen MR) is 145 cm³/mol. The first-order chi connectivity index (χ1) is 18.2. The Morgan fingerprint density at radius 2 is 1.68 bits per heavy atom. The number of hydrogen-bond donors (Lipinski definition) is 1. The number of hydrogen-bond acceptors (Lipinski definition) is 6. The Labute approximate surface area is 222 Å². The largest absolute Gasteiger partial charge is 0.507 e. The normalized spacial score (nSPS) is 16.7. The average molecular weight is 514 g/mol. The minimum Gasteiger partial charge on any atom is -0.507 e. The first-order valence-electron chi connectivity index (χ1n) is 12.6. The highest BCUT2D eigenvalue weighted by molar-refractivity contribution is 6.51. The Morgan fingerprint density at radius 1 is 0.974 bits per heavy atom. The lowest BCUT2D eigenvalue weighted by atomic mass is 9.94. The number of Topliss-reactive ketones (excluding diaryl/α,β-unsaturated/α-hetero) is 1. The van der Waals surface area contributed by atoms with Crippen molar-refractivity contribution in [3.63, 3.8) is 0 Å². The van der Waals surface area contributed by atoms with Crippen LogP contribution in [0.2, 0.25) is 0 Å². The van der Waals surface area contributed by atoms with E-state index in [9.17, 15) is 19.5 Å². The fourth-order valence-electron chi connectivity index (χ4n) is 4.40. The molecule has 1 aliphatic rings. The summed E-state index contributed by atoms with van der Waals surface area (Å²) in [5, 5.41) is 11.3. The zero-order valence-corrected chi connectivity index (χ0v) is 21.9. The van der Waals surface area contributed by atoms with Crippen molar-refractivity contribution in [1.29, 1.82) is 0 Å². The van der Waals surface area contributed by atoms with Crippen molar-refractivity contribution in [3.05, 3.63) is 101 Å². The van der Waals surface area contributed by atoms with Gasteiger partial charge in [0.15, 0.2) is 0 Å². The summed E-state index contributed by atoms with van der Waals surface area (Å²) in [5.74, 6) is -1.78. The summed E-state index contributed by atoms with van der Waals surface area (Å²) in [5.41, 5.74) is 2.54. The fraction of sp³-hybridized carbons (Fsp3) is 0.258. The van der Waals surface area contributed by atoms with Gasteiger partial charge in [0.2, 0.25) is 0 Å². The van der Waals surface area contributed by atoms with Crippen LogP contribution in [-0.4, -0.2) is 35.5 Å². The monoisotopic (exact) mass is 513 g/mol. The molecule has 1 unspecified atom stereocenters. The summed E-state index contributed by atoms with van der Waals surface area (Å²) in [6.45, 7) is 7.98. The van der Waals surface area contributed by atoms with Crippen molar-refractivity contribution in [1.82, 2.24) is 0 Å². The number of carbonyl (C=O) groups is 3. The van der Waals surface area contributed by atoms with E-state index in [4.69, 9.17) is 9.47 Å². The first-order valence-corrected chi connectivity index (χ1v) is 12.6. The fourth-order valence-corrected chi connectivity index (χ4v) is 4.40. The van der Waals surface area contributed by atoms with Crippen molar-refractivity contribution in [2.45, 2.75) is 46.3 Å².